The lowest BCUT2D eigenvalue weighted by Gasteiger charge is -2.19. The smallest absolute Gasteiger partial charge is 0.263 e. The molecule has 1 N–H and O–H groups in total. The molecule has 0 aliphatic heterocycles. The Morgan fingerprint density at radius 3 is 2.75 bits per heavy atom. The molecular formula is C18H24ClFN2OS. The molecule has 0 unspecified atom stereocenters. The molecule has 3 nitrogen and oxygen atoms in total. The van der Waals surface area contributed by atoms with E-state index in [1.165, 1.54) is 23.5 Å². The Labute approximate surface area is 151 Å². The highest BCUT2D eigenvalue weighted by Crippen LogP contribution is 2.35. The second-order valence-corrected chi connectivity index (χ2v) is 7.36. The van der Waals surface area contributed by atoms with Crippen molar-refractivity contribution in [2.24, 2.45) is 0 Å². The van der Waals surface area contributed by atoms with E-state index in [4.69, 9.17) is 11.6 Å². The van der Waals surface area contributed by atoms with Crippen LogP contribution < -0.4 is 5.32 Å². The lowest BCUT2D eigenvalue weighted by molar-refractivity contribution is 0.0941. The number of carbonyl (C=O) groups is 1. The molecule has 2 aromatic rings. The maximum Gasteiger partial charge on any atom is 0.263 e. The summed E-state index contributed by atoms with van der Waals surface area (Å²) in [5.74, 6) is -0.505. The van der Waals surface area contributed by atoms with Gasteiger partial charge in [-0.15, -0.1) is 11.3 Å². The Morgan fingerprint density at radius 2 is 2.08 bits per heavy atom. The van der Waals surface area contributed by atoms with Crippen molar-refractivity contribution < 1.29 is 9.18 Å². The number of hydrogen-bond donors (Lipinski definition) is 1. The van der Waals surface area contributed by atoms with Crippen molar-refractivity contribution in [2.75, 3.05) is 19.6 Å². The molecule has 1 heterocycles. The summed E-state index contributed by atoms with van der Waals surface area (Å²) < 4.78 is 14.0. The molecule has 2 rings (SSSR count). The highest BCUT2D eigenvalue weighted by atomic mass is 35.5. The molecule has 0 saturated heterocycles. The normalized spacial score (nSPS) is 12.8. The van der Waals surface area contributed by atoms with Gasteiger partial charge < -0.3 is 10.2 Å². The van der Waals surface area contributed by atoms with Crippen LogP contribution in [0.5, 0.6) is 0 Å². The molecule has 0 spiro atoms. The van der Waals surface area contributed by atoms with Gasteiger partial charge in [0, 0.05) is 16.1 Å². The van der Waals surface area contributed by atoms with Crippen molar-refractivity contribution in [3.63, 3.8) is 0 Å². The summed E-state index contributed by atoms with van der Waals surface area (Å²) in [4.78, 5) is 15.3. The van der Waals surface area contributed by atoms with Crippen LogP contribution in [0.2, 0.25) is 5.02 Å². The highest BCUT2D eigenvalue weighted by molar-refractivity contribution is 7.21. The summed E-state index contributed by atoms with van der Waals surface area (Å²) in [6.45, 7) is 9.44. The largest absolute Gasteiger partial charge is 0.349 e. The third-order valence-corrected chi connectivity index (χ3v) is 5.84. The van der Waals surface area contributed by atoms with E-state index in [2.05, 4.69) is 24.1 Å². The summed E-state index contributed by atoms with van der Waals surface area (Å²) in [7, 11) is 0. The van der Waals surface area contributed by atoms with Crippen LogP contribution in [-0.2, 0) is 0 Å². The quantitative estimate of drug-likeness (QED) is 0.714. The maximum atomic E-state index is 13.3. The van der Waals surface area contributed by atoms with Gasteiger partial charge in [0.1, 0.15) is 10.7 Å². The monoisotopic (exact) mass is 370 g/mol. The number of thiophene rings is 1. The Balaban J connectivity index is 1.95. The van der Waals surface area contributed by atoms with Gasteiger partial charge in [0.25, 0.3) is 5.91 Å². The standard InChI is InChI=1S/C18H24ClFN2OS/c1-4-22(5-2)10-6-7-12(3)21-18(23)17-16(19)14-9-8-13(20)11-15(14)24-17/h8-9,11-12H,4-7,10H2,1-3H3,(H,21,23)/t12-/m0/s1. The van der Waals surface area contributed by atoms with Gasteiger partial charge >= 0.3 is 0 Å². The van der Waals surface area contributed by atoms with Crippen LogP contribution in [0.25, 0.3) is 10.1 Å². The van der Waals surface area contributed by atoms with E-state index in [-0.39, 0.29) is 17.8 Å². The molecule has 1 aromatic heterocycles. The molecule has 132 valence electrons. The predicted octanol–water partition coefficient (Wildman–Crippen LogP) is 4.93. The molecular weight excluding hydrogens is 347 g/mol. The summed E-state index contributed by atoms with van der Waals surface area (Å²) in [6.07, 6.45) is 1.95. The zero-order valence-corrected chi connectivity index (χ0v) is 15.9. The lowest BCUT2D eigenvalue weighted by atomic mass is 10.1. The molecule has 0 aliphatic rings. The van der Waals surface area contributed by atoms with Gasteiger partial charge in [-0.05, 0) is 57.6 Å². The van der Waals surface area contributed by atoms with Gasteiger partial charge in [-0.25, -0.2) is 4.39 Å². The van der Waals surface area contributed by atoms with Crippen LogP contribution in [0.1, 0.15) is 43.3 Å². The fourth-order valence-electron chi connectivity index (χ4n) is 2.71. The molecule has 1 atom stereocenters. The van der Waals surface area contributed by atoms with E-state index in [0.29, 0.717) is 14.6 Å². The van der Waals surface area contributed by atoms with Crippen molar-refractivity contribution in [3.05, 3.63) is 33.9 Å². The van der Waals surface area contributed by atoms with Crippen LogP contribution in [0, 0.1) is 5.82 Å². The zero-order valence-electron chi connectivity index (χ0n) is 14.4. The molecule has 24 heavy (non-hydrogen) atoms. The Morgan fingerprint density at radius 1 is 1.38 bits per heavy atom. The third-order valence-electron chi connectivity index (χ3n) is 4.18. The minimum absolute atomic E-state index is 0.0751. The molecule has 1 amide bonds. The first-order chi connectivity index (χ1) is 11.5. The number of fused-ring (bicyclic) bond motifs is 1. The average Bonchev–Trinajstić information content (AvgIpc) is 2.87. The number of benzene rings is 1. The van der Waals surface area contributed by atoms with Crippen molar-refractivity contribution in [1.82, 2.24) is 10.2 Å². The average molecular weight is 371 g/mol. The second kappa shape index (κ2) is 8.79. The highest BCUT2D eigenvalue weighted by Gasteiger charge is 2.19. The van der Waals surface area contributed by atoms with Crippen LogP contribution in [0.4, 0.5) is 4.39 Å². The fourth-order valence-corrected chi connectivity index (χ4v) is 4.15. The van der Waals surface area contributed by atoms with Crippen molar-refractivity contribution in [3.8, 4) is 0 Å². The third kappa shape index (κ3) is 4.68. The number of nitrogens with one attached hydrogen (secondary N) is 1. The molecule has 6 heteroatoms. The topological polar surface area (TPSA) is 32.3 Å². The number of rotatable bonds is 8. The van der Waals surface area contributed by atoms with E-state index in [1.54, 1.807) is 6.07 Å². The number of nitrogens with zero attached hydrogens (tertiary/aromatic N) is 1. The van der Waals surface area contributed by atoms with E-state index < -0.39 is 0 Å². The van der Waals surface area contributed by atoms with E-state index in [9.17, 15) is 9.18 Å². The van der Waals surface area contributed by atoms with Crippen LogP contribution in [-0.4, -0.2) is 36.5 Å². The van der Waals surface area contributed by atoms with E-state index >= 15 is 0 Å². The summed E-state index contributed by atoms with van der Waals surface area (Å²) in [5, 5.41) is 4.13. The Hall–Kier alpha value is -1.17. The first-order valence-electron chi connectivity index (χ1n) is 8.37. The maximum absolute atomic E-state index is 13.3. The van der Waals surface area contributed by atoms with Gasteiger partial charge in [-0.2, -0.15) is 0 Å². The first-order valence-corrected chi connectivity index (χ1v) is 9.56. The van der Waals surface area contributed by atoms with E-state index in [1.807, 2.05) is 6.92 Å². The molecule has 0 bridgehead atoms. The Bertz CT molecular complexity index is 700. The van der Waals surface area contributed by atoms with Crippen LogP contribution in [0.15, 0.2) is 18.2 Å². The molecule has 1 aromatic carbocycles. The van der Waals surface area contributed by atoms with E-state index in [0.717, 1.165) is 37.9 Å². The Kier molecular flexibility index (Phi) is 7.02. The lowest BCUT2D eigenvalue weighted by Crippen LogP contribution is -2.33. The van der Waals surface area contributed by atoms with Gasteiger partial charge in [0.2, 0.25) is 0 Å². The van der Waals surface area contributed by atoms with Crippen molar-refractivity contribution >= 4 is 38.9 Å². The SMILES string of the molecule is CCN(CC)CCC[C@H](C)NC(=O)c1sc2cc(F)ccc2c1Cl. The van der Waals surface area contributed by atoms with Crippen molar-refractivity contribution in [2.45, 2.75) is 39.7 Å². The molecule has 0 radical (unpaired) electrons. The molecule has 0 aliphatic carbocycles. The minimum Gasteiger partial charge on any atom is -0.349 e. The minimum atomic E-state index is -0.322. The van der Waals surface area contributed by atoms with Gasteiger partial charge in [-0.3, -0.25) is 4.79 Å². The summed E-state index contributed by atoms with van der Waals surface area (Å²) >= 11 is 7.52. The summed E-state index contributed by atoms with van der Waals surface area (Å²) in [5.41, 5.74) is 0. The number of hydrogen-bond acceptors (Lipinski definition) is 3. The number of carbonyl (C=O) groups excluding carboxylic acids is 1. The molecule has 0 fully saturated rings. The number of halogens is 2. The summed E-state index contributed by atoms with van der Waals surface area (Å²) in [6, 6.07) is 4.47. The second-order valence-electron chi connectivity index (χ2n) is 5.93. The fraction of sp³-hybridized carbons (Fsp3) is 0.500. The van der Waals surface area contributed by atoms with Crippen LogP contribution in [0.3, 0.4) is 0 Å². The van der Waals surface area contributed by atoms with Gasteiger partial charge in [0.05, 0.1) is 5.02 Å². The van der Waals surface area contributed by atoms with Gasteiger partial charge in [-0.1, -0.05) is 25.4 Å². The zero-order chi connectivity index (χ0) is 17.7. The van der Waals surface area contributed by atoms with Crippen LogP contribution >= 0.6 is 22.9 Å². The molecule has 0 saturated carbocycles. The first kappa shape index (κ1) is 19.2. The van der Waals surface area contributed by atoms with Gasteiger partial charge in [0.15, 0.2) is 0 Å². The number of amides is 1. The predicted molar refractivity (Wildman–Crippen MR) is 101 cm³/mol. The van der Waals surface area contributed by atoms with Crippen molar-refractivity contribution in [1.29, 1.82) is 0 Å².